The van der Waals surface area contributed by atoms with Gasteiger partial charge >= 0.3 is 0 Å². The van der Waals surface area contributed by atoms with Crippen molar-refractivity contribution in [3.63, 3.8) is 0 Å². The van der Waals surface area contributed by atoms with Crippen LogP contribution in [0.3, 0.4) is 0 Å². The molecular formula is C16H12ClF2N3. The average Bonchev–Trinajstić information content (AvgIpc) is 2.46. The normalized spacial score (nSPS) is 11.9. The van der Waals surface area contributed by atoms with E-state index in [0.717, 1.165) is 6.92 Å². The van der Waals surface area contributed by atoms with Crippen molar-refractivity contribution < 1.29 is 8.78 Å². The highest BCUT2D eigenvalue weighted by molar-refractivity contribution is 6.34. The van der Waals surface area contributed by atoms with Gasteiger partial charge in [0.05, 0.1) is 11.2 Å². The molecule has 0 amide bonds. The van der Waals surface area contributed by atoms with Crippen molar-refractivity contribution in [1.29, 1.82) is 0 Å². The summed E-state index contributed by atoms with van der Waals surface area (Å²) in [5.74, 6) is -2.92. The van der Waals surface area contributed by atoms with Gasteiger partial charge in [0, 0.05) is 41.5 Å². The van der Waals surface area contributed by atoms with Crippen LogP contribution in [0, 0.1) is 6.92 Å². The van der Waals surface area contributed by atoms with E-state index < -0.39 is 5.92 Å². The Morgan fingerprint density at radius 1 is 1.14 bits per heavy atom. The zero-order valence-electron chi connectivity index (χ0n) is 11.9. The van der Waals surface area contributed by atoms with Gasteiger partial charge in [0.2, 0.25) is 0 Å². The summed E-state index contributed by atoms with van der Waals surface area (Å²) < 4.78 is 26.9. The van der Waals surface area contributed by atoms with Gasteiger partial charge in [-0.15, -0.1) is 0 Å². The van der Waals surface area contributed by atoms with Gasteiger partial charge in [-0.3, -0.25) is 9.97 Å². The van der Waals surface area contributed by atoms with Crippen LogP contribution in [-0.4, -0.2) is 15.0 Å². The highest BCUT2D eigenvalue weighted by Crippen LogP contribution is 2.33. The Hall–Kier alpha value is -2.14. The summed E-state index contributed by atoms with van der Waals surface area (Å²) >= 11 is 6.06. The second kappa shape index (κ2) is 5.25. The Morgan fingerprint density at radius 3 is 2.59 bits per heavy atom. The lowest BCUT2D eigenvalue weighted by Crippen LogP contribution is -2.10. The topological polar surface area (TPSA) is 38.7 Å². The summed E-state index contributed by atoms with van der Waals surface area (Å²) in [6.45, 7) is 2.42. The van der Waals surface area contributed by atoms with E-state index in [9.17, 15) is 8.78 Å². The van der Waals surface area contributed by atoms with Gasteiger partial charge in [0.1, 0.15) is 5.15 Å². The Labute approximate surface area is 131 Å². The molecule has 0 aromatic carbocycles. The standard InChI is InChI=1S/C16H12ClF2N3/c1-9-12(16(2,18)19)5-6-13(22-9)11-8-21-15(17)10-4-3-7-20-14(10)11/h3-8H,1-2H3. The molecule has 6 heteroatoms. The number of nitrogens with zero attached hydrogens (tertiary/aromatic N) is 3. The number of aromatic nitrogens is 3. The summed E-state index contributed by atoms with van der Waals surface area (Å²) in [7, 11) is 0. The van der Waals surface area contributed by atoms with E-state index in [1.807, 2.05) is 6.07 Å². The lowest BCUT2D eigenvalue weighted by molar-refractivity contribution is 0.0164. The first-order valence-electron chi connectivity index (χ1n) is 6.63. The molecule has 3 heterocycles. The molecule has 3 rings (SSSR count). The molecule has 0 saturated carbocycles. The summed E-state index contributed by atoms with van der Waals surface area (Å²) in [5.41, 5.74) is 2.04. The molecule has 0 N–H and O–H groups in total. The Balaban J connectivity index is 2.21. The van der Waals surface area contributed by atoms with Crippen LogP contribution in [0.25, 0.3) is 22.2 Å². The van der Waals surface area contributed by atoms with Crippen LogP contribution in [0.15, 0.2) is 36.7 Å². The van der Waals surface area contributed by atoms with Crippen LogP contribution in [0.4, 0.5) is 8.78 Å². The molecule has 3 aromatic rings. The number of hydrogen-bond donors (Lipinski definition) is 0. The fourth-order valence-electron chi connectivity index (χ4n) is 2.40. The van der Waals surface area contributed by atoms with Crippen molar-refractivity contribution in [3.05, 3.63) is 53.1 Å². The Bertz CT molecular complexity index is 860. The minimum Gasteiger partial charge on any atom is -0.255 e. The summed E-state index contributed by atoms with van der Waals surface area (Å²) in [6, 6.07) is 6.52. The quantitative estimate of drug-likeness (QED) is 0.639. The fraction of sp³-hybridized carbons (Fsp3) is 0.188. The van der Waals surface area contributed by atoms with Gasteiger partial charge in [0.25, 0.3) is 5.92 Å². The van der Waals surface area contributed by atoms with E-state index in [-0.39, 0.29) is 11.3 Å². The molecule has 3 nitrogen and oxygen atoms in total. The van der Waals surface area contributed by atoms with Gasteiger partial charge in [-0.25, -0.2) is 13.8 Å². The first-order chi connectivity index (χ1) is 10.4. The lowest BCUT2D eigenvalue weighted by Gasteiger charge is -2.14. The molecule has 0 atom stereocenters. The number of halogens is 3. The van der Waals surface area contributed by atoms with Crippen LogP contribution in [0.1, 0.15) is 18.2 Å². The van der Waals surface area contributed by atoms with Crippen LogP contribution < -0.4 is 0 Å². The first-order valence-corrected chi connectivity index (χ1v) is 7.01. The number of aryl methyl sites for hydroxylation is 1. The second-order valence-electron chi connectivity index (χ2n) is 5.08. The number of hydrogen-bond acceptors (Lipinski definition) is 3. The fourth-order valence-corrected chi connectivity index (χ4v) is 2.60. The highest BCUT2D eigenvalue weighted by atomic mass is 35.5. The summed E-state index contributed by atoms with van der Waals surface area (Å²) in [4.78, 5) is 12.7. The first kappa shape index (κ1) is 14.8. The maximum atomic E-state index is 13.5. The summed E-state index contributed by atoms with van der Waals surface area (Å²) in [5, 5.41) is 1.05. The number of alkyl halides is 2. The average molecular weight is 320 g/mol. The van der Waals surface area contributed by atoms with Crippen LogP contribution in [0.2, 0.25) is 5.15 Å². The van der Waals surface area contributed by atoms with Crippen molar-refractivity contribution in [3.8, 4) is 11.3 Å². The maximum Gasteiger partial charge on any atom is 0.272 e. The van der Waals surface area contributed by atoms with E-state index in [1.54, 1.807) is 31.5 Å². The van der Waals surface area contributed by atoms with E-state index >= 15 is 0 Å². The predicted octanol–water partition coefficient (Wildman–Crippen LogP) is 4.77. The van der Waals surface area contributed by atoms with Crippen molar-refractivity contribution in [2.45, 2.75) is 19.8 Å². The molecule has 0 saturated heterocycles. The van der Waals surface area contributed by atoms with Crippen molar-refractivity contribution in [2.24, 2.45) is 0 Å². The molecule has 0 fully saturated rings. The van der Waals surface area contributed by atoms with Crippen LogP contribution >= 0.6 is 11.6 Å². The number of rotatable bonds is 2. The Morgan fingerprint density at radius 2 is 1.91 bits per heavy atom. The van der Waals surface area contributed by atoms with Crippen LogP contribution in [-0.2, 0) is 5.92 Å². The molecule has 0 radical (unpaired) electrons. The van der Waals surface area contributed by atoms with Crippen molar-refractivity contribution in [2.75, 3.05) is 0 Å². The zero-order valence-corrected chi connectivity index (χ0v) is 12.7. The zero-order chi connectivity index (χ0) is 15.9. The SMILES string of the molecule is Cc1nc(-c2cnc(Cl)c3cccnc23)ccc1C(C)(F)F. The summed E-state index contributed by atoms with van der Waals surface area (Å²) in [6.07, 6.45) is 3.20. The Kier molecular flexibility index (Phi) is 3.53. The molecule has 3 aromatic heterocycles. The molecule has 112 valence electrons. The van der Waals surface area contributed by atoms with Gasteiger partial charge in [-0.05, 0) is 31.2 Å². The molecular weight excluding hydrogens is 308 g/mol. The van der Waals surface area contributed by atoms with E-state index in [4.69, 9.17) is 11.6 Å². The molecule has 0 bridgehead atoms. The molecule has 0 aliphatic carbocycles. The highest BCUT2D eigenvalue weighted by Gasteiger charge is 2.27. The third-order valence-corrected chi connectivity index (χ3v) is 3.73. The third kappa shape index (κ3) is 2.52. The predicted molar refractivity (Wildman–Crippen MR) is 82.1 cm³/mol. The second-order valence-corrected chi connectivity index (χ2v) is 5.44. The van der Waals surface area contributed by atoms with Crippen molar-refractivity contribution >= 4 is 22.5 Å². The monoisotopic (exact) mass is 319 g/mol. The molecule has 22 heavy (non-hydrogen) atoms. The maximum absolute atomic E-state index is 13.5. The minimum absolute atomic E-state index is 0.0876. The van der Waals surface area contributed by atoms with E-state index in [1.165, 1.54) is 6.07 Å². The lowest BCUT2D eigenvalue weighted by atomic mass is 10.0. The molecule has 0 unspecified atom stereocenters. The molecule has 0 aliphatic rings. The van der Waals surface area contributed by atoms with Crippen molar-refractivity contribution in [1.82, 2.24) is 15.0 Å². The minimum atomic E-state index is -2.92. The van der Waals surface area contributed by atoms with E-state index in [2.05, 4.69) is 15.0 Å². The van der Waals surface area contributed by atoms with Gasteiger partial charge in [0.15, 0.2) is 0 Å². The largest absolute Gasteiger partial charge is 0.272 e. The smallest absolute Gasteiger partial charge is 0.255 e. The third-order valence-electron chi connectivity index (χ3n) is 3.43. The van der Waals surface area contributed by atoms with Gasteiger partial charge in [-0.1, -0.05) is 11.6 Å². The van der Waals surface area contributed by atoms with Crippen LogP contribution in [0.5, 0.6) is 0 Å². The van der Waals surface area contributed by atoms with Gasteiger partial charge < -0.3 is 0 Å². The number of pyridine rings is 3. The molecule has 0 spiro atoms. The number of fused-ring (bicyclic) bond motifs is 1. The van der Waals surface area contributed by atoms with E-state index in [0.29, 0.717) is 27.3 Å². The molecule has 0 aliphatic heterocycles. The van der Waals surface area contributed by atoms with Gasteiger partial charge in [-0.2, -0.15) is 0 Å².